The third-order valence-electron chi connectivity index (χ3n) is 2.68. The van der Waals surface area contributed by atoms with Gasteiger partial charge in [-0.25, -0.2) is 8.42 Å². The van der Waals surface area contributed by atoms with Gasteiger partial charge in [0, 0.05) is 19.1 Å². The van der Waals surface area contributed by atoms with Gasteiger partial charge in [-0.3, -0.25) is 0 Å². The predicted octanol–water partition coefficient (Wildman–Crippen LogP) is -0.618. The zero-order valence-corrected chi connectivity index (χ0v) is 9.96. The molecule has 0 amide bonds. The molecule has 1 unspecified atom stereocenters. The highest BCUT2D eigenvalue weighted by Gasteiger charge is 2.32. The smallest absolute Gasteiger partial charge is 0.215 e. The quantitative estimate of drug-likeness (QED) is 0.603. The van der Waals surface area contributed by atoms with Crippen LogP contribution in [0.5, 0.6) is 0 Å². The predicted molar refractivity (Wildman–Crippen MR) is 59.1 cm³/mol. The number of nitrogens with zero attached hydrogens (tertiary/aromatic N) is 1. The van der Waals surface area contributed by atoms with E-state index in [2.05, 4.69) is 5.32 Å². The molecule has 0 radical (unpaired) electrons. The lowest BCUT2D eigenvalue weighted by Crippen LogP contribution is -2.41. The third-order valence-corrected chi connectivity index (χ3v) is 4.59. The SMILES string of the molecule is CCNCCS(=O)(=O)N1CCCC1CO. The first-order valence-corrected chi connectivity index (χ1v) is 7.04. The summed E-state index contributed by atoms with van der Waals surface area (Å²) < 4.78 is 25.2. The fraction of sp³-hybridized carbons (Fsp3) is 1.00. The van der Waals surface area contributed by atoms with E-state index >= 15 is 0 Å². The molecule has 1 atom stereocenters. The highest BCUT2D eigenvalue weighted by molar-refractivity contribution is 7.89. The van der Waals surface area contributed by atoms with E-state index in [1.165, 1.54) is 4.31 Å². The molecular formula is C9H20N2O3S. The van der Waals surface area contributed by atoms with Crippen molar-refractivity contribution in [1.82, 2.24) is 9.62 Å². The fourth-order valence-electron chi connectivity index (χ4n) is 1.85. The maximum atomic E-state index is 11.9. The van der Waals surface area contributed by atoms with Gasteiger partial charge < -0.3 is 10.4 Å². The van der Waals surface area contributed by atoms with E-state index in [9.17, 15) is 8.42 Å². The van der Waals surface area contributed by atoms with Crippen molar-refractivity contribution in [1.29, 1.82) is 0 Å². The molecular weight excluding hydrogens is 216 g/mol. The van der Waals surface area contributed by atoms with E-state index in [0.29, 0.717) is 13.1 Å². The molecule has 1 saturated heterocycles. The molecule has 2 N–H and O–H groups in total. The number of hydrogen-bond acceptors (Lipinski definition) is 4. The number of nitrogens with one attached hydrogen (secondary N) is 1. The van der Waals surface area contributed by atoms with Crippen LogP contribution in [0.25, 0.3) is 0 Å². The van der Waals surface area contributed by atoms with Gasteiger partial charge in [0.1, 0.15) is 0 Å². The van der Waals surface area contributed by atoms with Crippen LogP contribution < -0.4 is 5.32 Å². The van der Waals surface area contributed by atoms with E-state index in [1.54, 1.807) is 0 Å². The maximum absolute atomic E-state index is 11.9. The first-order valence-electron chi connectivity index (χ1n) is 5.43. The van der Waals surface area contributed by atoms with E-state index in [1.807, 2.05) is 6.92 Å². The van der Waals surface area contributed by atoms with Crippen LogP contribution in [0.2, 0.25) is 0 Å². The third kappa shape index (κ3) is 3.41. The van der Waals surface area contributed by atoms with Crippen molar-refractivity contribution >= 4 is 10.0 Å². The molecule has 0 bridgehead atoms. The summed E-state index contributed by atoms with van der Waals surface area (Å²) in [4.78, 5) is 0. The minimum atomic E-state index is -3.18. The fourth-order valence-corrected chi connectivity index (χ4v) is 3.52. The Morgan fingerprint density at radius 2 is 2.27 bits per heavy atom. The van der Waals surface area contributed by atoms with Crippen LogP contribution in [0.1, 0.15) is 19.8 Å². The second kappa shape index (κ2) is 5.79. The Balaban J connectivity index is 2.52. The second-order valence-corrected chi connectivity index (χ2v) is 5.80. The molecule has 1 rings (SSSR count). The zero-order valence-electron chi connectivity index (χ0n) is 9.15. The second-order valence-electron chi connectivity index (χ2n) is 3.76. The van der Waals surface area contributed by atoms with Crippen LogP contribution in [-0.2, 0) is 10.0 Å². The van der Waals surface area contributed by atoms with Gasteiger partial charge in [0.2, 0.25) is 10.0 Å². The van der Waals surface area contributed by atoms with Gasteiger partial charge in [-0.15, -0.1) is 0 Å². The van der Waals surface area contributed by atoms with Gasteiger partial charge in [0.05, 0.1) is 12.4 Å². The van der Waals surface area contributed by atoms with Gasteiger partial charge >= 0.3 is 0 Å². The van der Waals surface area contributed by atoms with Crippen LogP contribution in [0.15, 0.2) is 0 Å². The lowest BCUT2D eigenvalue weighted by Gasteiger charge is -2.22. The maximum Gasteiger partial charge on any atom is 0.215 e. The van der Waals surface area contributed by atoms with Crippen LogP contribution in [0, 0.1) is 0 Å². The summed E-state index contributed by atoms with van der Waals surface area (Å²) in [5.41, 5.74) is 0. The number of rotatable bonds is 6. The zero-order chi connectivity index (χ0) is 11.3. The molecule has 0 aromatic rings. The van der Waals surface area contributed by atoms with Gasteiger partial charge in [-0.1, -0.05) is 6.92 Å². The molecule has 0 aromatic heterocycles. The van der Waals surface area contributed by atoms with Crippen molar-refractivity contribution in [3.63, 3.8) is 0 Å². The minimum absolute atomic E-state index is 0.0690. The minimum Gasteiger partial charge on any atom is -0.395 e. The molecule has 90 valence electrons. The molecule has 0 spiro atoms. The van der Waals surface area contributed by atoms with Gasteiger partial charge in [-0.05, 0) is 19.4 Å². The molecule has 1 aliphatic heterocycles. The largest absolute Gasteiger partial charge is 0.395 e. The Morgan fingerprint density at radius 1 is 1.53 bits per heavy atom. The van der Waals surface area contributed by atoms with Crippen molar-refractivity contribution in [2.75, 3.05) is 32.0 Å². The number of aliphatic hydroxyl groups is 1. The molecule has 6 heteroatoms. The van der Waals surface area contributed by atoms with Crippen LogP contribution in [0.3, 0.4) is 0 Å². The summed E-state index contributed by atoms with van der Waals surface area (Å²) in [5.74, 6) is 0.122. The van der Waals surface area contributed by atoms with E-state index in [4.69, 9.17) is 5.11 Å². The Labute approximate surface area is 91.5 Å². The molecule has 0 aliphatic carbocycles. The summed E-state index contributed by atoms with van der Waals surface area (Å²) in [5, 5.41) is 12.0. The molecule has 1 aliphatic rings. The Kier molecular flexibility index (Phi) is 4.98. The van der Waals surface area contributed by atoms with Gasteiger partial charge in [-0.2, -0.15) is 4.31 Å². The van der Waals surface area contributed by atoms with Crippen molar-refractivity contribution in [2.24, 2.45) is 0 Å². The molecule has 5 nitrogen and oxygen atoms in total. The summed E-state index contributed by atoms with van der Waals surface area (Å²) in [6, 6.07) is -0.198. The van der Waals surface area contributed by atoms with Gasteiger partial charge in [0.15, 0.2) is 0 Å². The van der Waals surface area contributed by atoms with Crippen LogP contribution in [0.4, 0.5) is 0 Å². The summed E-state index contributed by atoms with van der Waals surface area (Å²) in [7, 11) is -3.18. The van der Waals surface area contributed by atoms with E-state index < -0.39 is 10.0 Å². The summed E-state index contributed by atoms with van der Waals surface area (Å²) in [6.07, 6.45) is 1.63. The normalized spacial score (nSPS) is 23.5. The summed E-state index contributed by atoms with van der Waals surface area (Å²) >= 11 is 0. The van der Waals surface area contributed by atoms with Gasteiger partial charge in [0.25, 0.3) is 0 Å². The van der Waals surface area contributed by atoms with Crippen LogP contribution in [-0.4, -0.2) is 55.9 Å². The van der Waals surface area contributed by atoms with E-state index in [0.717, 1.165) is 19.4 Å². The molecule has 0 aromatic carbocycles. The van der Waals surface area contributed by atoms with Crippen molar-refractivity contribution in [3.05, 3.63) is 0 Å². The standard InChI is InChI=1S/C9H20N2O3S/c1-2-10-5-7-15(13,14)11-6-3-4-9(11)8-12/h9-10,12H,2-8H2,1H3. The Bertz CT molecular complexity index is 279. The topological polar surface area (TPSA) is 69.6 Å². The van der Waals surface area contributed by atoms with Crippen LogP contribution >= 0.6 is 0 Å². The molecule has 1 heterocycles. The summed E-state index contributed by atoms with van der Waals surface area (Å²) in [6.45, 7) is 3.69. The number of hydrogen-bond donors (Lipinski definition) is 2. The van der Waals surface area contributed by atoms with Crippen molar-refractivity contribution < 1.29 is 13.5 Å². The first-order chi connectivity index (χ1) is 7.11. The first kappa shape index (κ1) is 12.9. The molecule has 15 heavy (non-hydrogen) atoms. The Hall–Kier alpha value is -0.170. The average molecular weight is 236 g/mol. The van der Waals surface area contributed by atoms with Crippen molar-refractivity contribution in [3.8, 4) is 0 Å². The molecule has 0 saturated carbocycles. The van der Waals surface area contributed by atoms with Crippen molar-refractivity contribution in [2.45, 2.75) is 25.8 Å². The van der Waals surface area contributed by atoms with E-state index in [-0.39, 0.29) is 18.4 Å². The highest BCUT2D eigenvalue weighted by Crippen LogP contribution is 2.20. The number of sulfonamides is 1. The highest BCUT2D eigenvalue weighted by atomic mass is 32.2. The monoisotopic (exact) mass is 236 g/mol. The number of aliphatic hydroxyl groups excluding tert-OH is 1. The molecule has 1 fully saturated rings. The Morgan fingerprint density at radius 3 is 2.87 bits per heavy atom. The lowest BCUT2D eigenvalue weighted by molar-refractivity contribution is 0.213. The lowest BCUT2D eigenvalue weighted by atomic mass is 10.2. The average Bonchev–Trinajstić information content (AvgIpc) is 2.66.